The molecule has 1 aromatic heterocycles. The van der Waals surface area contributed by atoms with E-state index in [9.17, 15) is 8.42 Å². The lowest BCUT2D eigenvalue weighted by Gasteiger charge is -2.08. The Morgan fingerprint density at radius 2 is 2.00 bits per heavy atom. The van der Waals surface area contributed by atoms with Gasteiger partial charge in [-0.1, -0.05) is 17.7 Å². The molecule has 0 saturated carbocycles. The van der Waals surface area contributed by atoms with Crippen molar-refractivity contribution >= 4 is 38.6 Å². The molecule has 4 nitrogen and oxygen atoms in total. The third-order valence-electron chi connectivity index (χ3n) is 2.81. The van der Waals surface area contributed by atoms with Crippen LogP contribution >= 0.6 is 22.9 Å². The molecule has 20 heavy (non-hydrogen) atoms. The number of aryl methyl sites for hydroxylation is 2. The van der Waals surface area contributed by atoms with Gasteiger partial charge in [0.1, 0.15) is 4.21 Å². The molecule has 0 aliphatic carbocycles. The maximum absolute atomic E-state index is 12.3. The SMILES string of the molecule is Cc1ccc(Cl)c(NS(=O)(=O)c2cc(C)c(CN)s2)c1. The van der Waals surface area contributed by atoms with Crippen molar-refractivity contribution in [1.82, 2.24) is 0 Å². The van der Waals surface area contributed by atoms with E-state index >= 15 is 0 Å². The van der Waals surface area contributed by atoms with Gasteiger partial charge in [0, 0.05) is 11.4 Å². The fourth-order valence-corrected chi connectivity index (χ4v) is 4.50. The zero-order valence-corrected chi connectivity index (χ0v) is 13.5. The molecule has 108 valence electrons. The first-order chi connectivity index (χ1) is 9.33. The highest BCUT2D eigenvalue weighted by Crippen LogP contribution is 2.30. The number of sulfonamides is 1. The normalized spacial score (nSPS) is 11.6. The van der Waals surface area contributed by atoms with Crippen molar-refractivity contribution in [1.29, 1.82) is 0 Å². The van der Waals surface area contributed by atoms with E-state index in [-0.39, 0.29) is 4.21 Å². The number of rotatable bonds is 4. The summed E-state index contributed by atoms with van der Waals surface area (Å²) in [7, 11) is -3.64. The minimum Gasteiger partial charge on any atom is -0.326 e. The Labute approximate surface area is 127 Å². The molecule has 7 heteroatoms. The van der Waals surface area contributed by atoms with Gasteiger partial charge in [-0.3, -0.25) is 4.72 Å². The molecule has 1 heterocycles. The van der Waals surface area contributed by atoms with Gasteiger partial charge in [-0.05, 0) is 43.2 Å². The molecule has 0 amide bonds. The Hall–Kier alpha value is -1.08. The number of nitrogens with two attached hydrogens (primary N) is 1. The quantitative estimate of drug-likeness (QED) is 0.903. The van der Waals surface area contributed by atoms with E-state index in [0.717, 1.165) is 16.0 Å². The lowest BCUT2D eigenvalue weighted by Crippen LogP contribution is -2.12. The number of hydrogen-bond donors (Lipinski definition) is 2. The van der Waals surface area contributed by atoms with Gasteiger partial charge in [-0.2, -0.15) is 0 Å². The van der Waals surface area contributed by atoms with E-state index < -0.39 is 10.0 Å². The van der Waals surface area contributed by atoms with Crippen LogP contribution < -0.4 is 10.5 Å². The fourth-order valence-electron chi connectivity index (χ4n) is 1.74. The van der Waals surface area contributed by atoms with Crippen LogP contribution in [0.1, 0.15) is 16.0 Å². The molecule has 0 bridgehead atoms. The van der Waals surface area contributed by atoms with Gasteiger partial charge >= 0.3 is 0 Å². The smallest absolute Gasteiger partial charge is 0.271 e. The molecular formula is C13H15ClN2O2S2. The van der Waals surface area contributed by atoms with Crippen molar-refractivity contribution in [2.24, 2.45) is 5.73 Å². The van der Waals surface area contributed by atoms with E-state index in [1.54, 1.807) is 18.2 Å². The number of thiophene rings is 1. The van der Waals surface area contributed by atoms with E-state index in [0.29, 0.717) is 17.3 Å². The van der Waals surface area contributed by atoms with E-state index in [2.05, 4.69) is 4.72 Å². The molecular weight excluding hydrogens is 316 g/mol. The predicted octanol–water partition coefficient (Wildman–Crippen LogP) is 3.28. The van der Waals surface area contributed by atoms with Gasteiger partial charge in [0.15, 0.2) is 0 Å². The summed E-state index contributed by atoms with van der Waals surface area (Å²) >= 11 is 7.19. The second kappa shape index (κ2) is 5.73. The van der Waals surface area contributed by atoms with Crippen LogP contribution in [0.15, 0.2) is 28.5 Å². The molecule has 0 atom stereocenters. The average molecular weight is 331 g/mol. The van der Waals surface area contributed by atoms with Crippen LogP contribution in [0.25, 0.3) is 0 Å². The number of anilines is 1. The van der Waals surface area contributed by atoms with Crippen LogP contribution in [0.5, 0.6) is 0 Å². The molecule has 0 fully saturated rings. The lowest BCUT2D eigenvalue weighted by atomic mass is 10.2. The minimum atomic E-state index is -3.64. The van der Waals surface area contributed by atoms with Gasteiger partial charge in [0.2, 0.25) is 0 Å². The topological polar surface area (TPSA) is 72.2 Å². The zero-order chi connectivity index (χ0) is 14.9. The summed E-state index contributed by atoms with van der Waals surface area (Å²) in [5.74, 6) is 0. The van der Waals surface area contributed by atoms with Crippen LogP contribution in [-0.4, -0.2) is 8.42 Å². The molecule has 3 N–H and O–H groups in total. The first kappa shape index (κ1) is 15.3. The summed E-state index contributed by atoms with van der Waals surface area (Å²) in [4.78, 5) is 0.862. The predicted molar refractivity (Wildman–Crippen MR) is 83.9 cm³/mol. The van der Waals surface area contributed by atoms with E-state index in [1.165, 1.54) is 11.3 Å². The lowest BCUT2D eigenvalue weighted by molar-refractivity contribution is 0.603. The maximum Gasteiger partial charge on any atom is 0.271 e. The second-order valence-electron chi connectivity index (χ2n) is 4.46. The summed E-state index contributed by atoms with van der Waals surface area (Å²) in [5, 5.41) is 0.367. The van der Waals surface area contributed by atoms with E-state index in [1.807, 2.05) is 19.9 Å². The highest BCUT2D eigenvalue weighted by molar-refractivity contribution is 7.94. The van der Waals surface area contributed by atoms with Gasteiger partial charge in [-0.25, -0.2) is 8.42 Å². The summed E-state index contributed by atoms with van der Waals surface area (Å²) in [6.45, 7) is 4.05. The van der Waals surface area contributed by atoms with E-state index in [4.69, 9.17) is 17.3 Å². The number of benzene rings is 1. The molecule has 0 saturated heterocycles. The van der Waals surface area contributed by atoms with Crippen molar-refractivity contribution < 1.29 is 8.42 Å². The first-order valence-corrected chi connectivity index (χ1v) is 8.59. The average Bonchev–Trinajstić information content (AvgIpc) is 2.76. The molecule has 0 spiro atoms. The molecule has 2 rings (SSSR count). The van der Waals surface area contributed by atoms with Crippen molar-refractivity contribution in [3.8, 4) is 0 Å². The van der Waals surface area contributed by atoms with Gasteiger partial charge in [-0.15, -0.1) is 11.3 Å². The Bertz CT molecular complexity index is 739. The Balaban J connectivity index is 2.37. The summed E-state index contributed by atoms with van der Waals surface area (Å²) in [6.07, 6.45) is 0. The highest BCUT2D eigenvalue weighted by atomic mass is 35.5. The largest absolute Gasteiger partial charge is 0.326 e. The summed E-state index contributed by atoms with van der Waals surface area (Å²) < 4.78 is 27.5. The van der Waals surface area contributed by atoms with Gasteiger partial charge in [0.25, 0.3) is 10.0 Å². The zero-order valence-electron chi connectivity index (χ0n) is 11.1. The van der Waals surface area contributed by atoms with Crippen LogP contribution in [0.3, 0.4) is 0 Å². The minimum absolute atomic E-state index is 0.244. The van der Waals surface area contributed by atoms with Crippen molar-refractivity contribution in [2.45, 2.75) is 24.6 Å². The van der Waals surface area contributed by atoms with Crippen LogP contribution in [0.2, 0.25) is 5.02 Å². The summed E-state index contributed by atoms with van der Waals surface area (Å²) in [5.41, 5.74) is 7.77. The third-order valence-corrected chi connectivity index (χ3v) is 6.24. The molecule has 0 radical (unpaired) electrons. The molecule has 0 aliphatic heterocycles. The number of halogens is 1. The second-order valence-corrected chi connectivity index (χ2v) is 7.92. The molecule has 0 aliphatic rings. The fraction of sp³-hybridized carbons (Fsp3) is 0.231. The van der Waals surface area contributed by atoms with Crippen molar-refractivity contribution in [3.63, 3.8) is 0 Å². The van der Waals surface area contributed by atoms with Crippen LogP contribution in [0.4, 0.5) is 5.69 Å². The first-order valence-electron chi connectivity index (χ1n) is 5.92. The van der Waals surface area contributed by atoms with Crippen LogP contribution in [0, 0.1) is 13.8 Å². The van der Waals surface area contributed by atoms with Crippen molar-refractivity contribution in [2.75, 3.05) is 4.72 Å². The standard InChI is InChI=1S/C13H15ClN2O2S2/c1-8-3-4-10(14)11(5-8)16-20(17,18)13-6-9(2)12(7-15)19-13/h3-6,16H,7,15H2,1-2H3. The van der Waals surface area contributed by atoms with Gasteiger partial charge < -0.3 is 5.73 Å². The maximum atomic E-state index is 12.3. The van der Waals surface area contributed by atoms with Gasteiger partial charge in [0.05, 0.1) is 10.7 Å². The molecule has 2 aromatic rings. The Kier molecular flexibility index (Phi) is 4.39. The molecule has 1 aromatic carbocycles. The number of nitrogens with one attached hydrogen (secondary N) is 1. The highest BCUT2D eigenvalue weighted by Gasteiger charge is 2.19. The molecule has 0 unspecified atom stereocenters. The van der Waals surface area contributed by atoms with Crippen LogP contribution in [-0.2, 0) is 16.6 Å². The summed E-state index contributed by atoms with van der Waals surface area (Å²) in [6, 6.07) is 6.81. The number of hydrogen-bond acceptors (Lipinski definition) is 4. The monoisotopic (exact) mass is 330 g/mol. The van der Waals surface area contributed by atoms with Crippen molar-refractivity contribution in [3.05, 3.63) is 45.3 Å². The Morgan fingerprint density at radius 3 is 2.60 bits per heavy atom. The Morgan fingerprint density at radius 1 is 1.30 bits per heavy atom. The third kappa shape index (κ3) is 3.15.